The van der Waals surface area contributed by atoms with E-state index in [1.165, 1.54) is 4.72 Å². The van der Waals surface area contributed by atoms with Crippen LogP contribution in [0.2, 0.25) is 0 Å². The molecule has 1 atom stereocenters. The van der Waals surface area contributed by atoms with Gasteiger partial charge < -0.3 is 5.11 Å². The fraction of sp³-hybridized carbons (Fsp3) is 0.333. The minimum atomic E-state index is -5.03. The predicted molar refractivity (Wildman–Crippen MR) is 60.3 cm³/mol. The van der Waals surface area contributed by atoms with Crippen LogP contribution in [-0.4, -0.2) is 37.3 Å². The highest BCUT2D eigenvalue weighted by atomic mass is 32.2. The van der Waals surface area contributed by atoms with E-state index >= 15 is 0 Å². The molecule has 0 spiro atoms. The van der Waals surface area contributed by atoms with Gasteiger partial charge in [0.2, 0.25) is 15.8 Å². The number of rotatable bonds is 5. The van der Waals surface area contributed by atoms with Crippen LogP contribution in [0.4, 0.5) is 23.2 Å². The molecular formula is C9H8F4N2O5S. The molecule has 0 saturated carbocycles. The van der Waals surface area contributed by atoms with Crippen molar-refractivity contribution in [3.05, 3.63) is 34.1 Å². The Morgan fingerprint density at radius 1 is 1.38 bits per heavy atom. The summed E-state index contributed by atoms with van der Waals surface area (Å²) in [5.41, 5.74) is -1.14. The number of benzene rings is 1. The van der Waals surface area contributed by atoms with Gasteiger partial charge in [-0.3, -0.25) is 10.1 Å². The summed E-state index contributed by atoms with van der Waals surface area (Å²) in [6, 6.07) is 1.50. The number of aliphatic hydroxyl groups is 1. The average Bonchev–Trinajstić information content (AvgIpc) is 2.34. The van der Waals surface area contributed by atoms with E-state index in [9.17, 15) is 36.1 Å². The standard InChI is InChI=1S/C9H8F4N2O5S/c10-6-2-1-5(3-7(6)15(17)18)21(19,20)14-4-8(16)9(11,12)13/h1-3,8,14,16H,4H2. The molecule has 1 aromatic carbocycles. The van der Waals surface area contributed by atoms with Crippen molar-refractivity contribution in [1.82, 2.24) is 4.72 Å². The Bertz CT molecular complexity index is 646. The highest BCUT2D eigenvalue weighted by Gasteiger charge is 2.38. The van der Waals surface area contributed by atoms with Crippen molar-refractivity contribution in [2.75, 3.05) is 6.54 Å². The minimum Gasteiger partial charge on any atom is -0.382 e. The van der Waals surface area contributed by atoms with Crippen molar-refractivity contribution in [1.29, 1.82) is 0 Å². The molecule has 1 aromatic rings. The molecule has 0 aliphatic rings. The van der Waals surface area contributed by atoms with Crippen LogP contribution in [0.15, 0.2) is 23.1 Å². The molecule has 0 radical (unpaired) electrons. The van der Waals surface area contributed by atoms with Gasteiger partial charge in [0, 0.05) is 12.6 Å². The van der Waals surface area contributed by atoms with Crippen molar-refractivity contribution in [2.24, 2.45) is 0 Å². The molecule has 1 rings (SSSR count). The summed E-state index contributed by atoms with van der Waals surface area (Å²) in [5, 5.41) is 19.1. The molecule has 0 aliphatic heterocycles. The second-order valence-electron chi connectivity index (χ2n) is 3.78. The molecule has 0 bridgehead atoms. The lowest BCUT2D eigenvalue weighted by atomic mass is 10.3. The zero-order chi connectivity index (χ0) is 16.4. The fourth-order valence-corrected chi connectivity index (χ4v) is 2.25. The third-order valence-corrected chi connectivity index (χ3v) is 3.69. The molecule has 0 fully saturated rings. The topological polar surface area (TPSA) is 110 Å². The molecule has 0 aliphatic carbocycles. The zero-order valence-electron chi connectivity index (χ0n) is 9.96. The first-order valence-corrected chi connectivity index (χ1v) is 6.62. The summed E-state index contributed by atoms with van der Waals surface area (Å²) in [4.78, 5) is 8.48. The van der Waals surface area contributed by atoms with Crippen LogP contribution >= 0.6 is 0 Å². The van der Waals surface area contributed by atoms with Crippen molar-refractivity contribution in [3.8, 4) is 0 Å². The Labute approximate surface area is 115 Å². The number of aliphatic hydroxyl groups excluding tert-OH is 1. The third kappa shape index (κ3) is 4.34. The zero-order valence-corrected chi connectivity index (χ0v) is 10.8. The first-order valence-electron chi connectivity index (χ1n) is 5.13. The quantitative estimate of drug-likeness (QED) is 0.474. The summed E-state index contributed by atoms with van der Waals surface area (Å²) in [7, 11) is -4.57. The summed E-state index contributed by atoms with van der Waals surface area (Å²) in [6.07, 6.45) is -7.97. The van der Waals surface area contributed by atoms with Gasteiger partial charge in [-0.1, -0.05) is 0 Å². The summed E-state index contributed by atoms with van der Waals surface area (Å²) < 4.78 is 73.8. The maximum atomic E-state index is 13.0. The molecular weight excluding hydrogens is 324 g/mol. The minimum absolute atomic E-state index is 0.359. The lowest BCUT2D eigenvalue weighted by Gasteiger charge is -2.15. The van der Waals surface area contributed by atoms with Gasteiger partial charge in [-0.25, -0.2) is 13.1 Å². The third-order valence-electron chi connectivity index (χ3n) is 2.27. The highest BCUT2D eigenvalue weighted by molar-refractivity contribution is 7.89. The second kappa shape index (κ2) is 5.91. The fourth-order valence-electron chi connectivity index (χ4n) is 1.19. The molecule has 21 heavy (non-hydrogen) atoms. The van der Waals surface area contributed by atoms with Gasteiger partial charge in [0.25, 0.3) is 0 Å². The van der Waals surface area contributed by atoms with Crippen LogP contribution < -0.4 is 4.72 Å². The van der Waals surface area contributed by atoms with E-state index in [0.29, 0.717) is 18.2 Å². The number of nitrogens with zero attached hydrogens (tertiary/aromatic N) is 1. The van der Waals surface area contributed by atoms with Gasteiger partial charge in [-0.15, -0.1) is 0 Å². The van der Waals surface area contributed by atoms with Crippen LogP contribution in [0, 0.1) is 15.9 Å². The Balaban J connectivity index is 2.99. The second-order valence-corrected chi connectivity index (χ2v) is 5.55. The maximum Gasteiger partial charge on any atom is 0.415 e. The maximum absolute atomic E-state index is 13.0. The molecule has 0 amide bonds. The number of hydrogen-bond donors (Lipinski definition) is 2. The van der Waals surface area contributed by atoms with E-state index in [2.05, 4.69) is 0 Å². The Kier molecular flexibility index (Phi) is 4.86. The molecule has 118 valence electrons. The molecule has 12 heteroatoms. The Hall–Kier alpha value is -1.79. The molecule has 0 aromatic heterocycles. The monoisotopic (exact) mass is 332 g/mol. The number of nitrogens with one attached hydrogen (secondary N) is 1. The lowest BCUT2D eigenvalue weighted by molar-refractivity contribution is -0.387. The van der Waals surface area contributed by atoms with Crippen molar-refractivity contribution < 1.29 is 36.0 Å². The summed E-state index contributed by atoms with van der Waals surface area (Å²) in [5.74, 6) is -1.30. The number of sulfonamides is 1. The van der Waals surface area contributed by atoms with E-state index in [1.54, 1.807) is 0 Å². The largest absolute Gasteiger partial charge is 0.415 e. The smallest absolute Gasteiger partial charge is 0.382 e. The molecule has 1 unspecified atom stereocenters. The normalized spacial score (nSPS) is 14.0. The average molecular weight is 332 g/mol. The van der Waals surface area contributed by atoms with Gasteiger partial charge >= 0.3 is 11.9 Å². The van der Waals surface area contributed by atoms with Crippen molar-refractivity contribution in [2.45, 2.75) is 17.2 Å². The van der Waals surface area contributed by atoms with Crippen LogP contribution in [-0.2, 0) is 10.0 Å². The molecule has 7 nitrogen and oxygen atoms in total. The molecule has 0 saturated heterocycles. The van der Waals surface area contributed by atoms with Crippen LogP contribution in [0.5, 0.6) is 0 Å². The molecule has 2 N–H and O–H groups in total. The summed E-state index contributed by atoms with van der Waals surface area (Å²) >= 11 is 0. The number of alkyl halides is 3. The van der Waals surface area contributed by atoms with E-state index in [4.69, 9.17) is 5.11 Å². The van der Waals surface area contributed by atoms with Gasteiger partial charge in [0.15, 0.2) is 6.10 Å². The first-order chi connectivity index (χ1) is 9.45. The number of nitro groups is 1. The van der Waals surface area contributed by atoms with Crippen molar-refractivity contribution >= 4 is 15.7 Å². The Morgan fingerprint density at radius 3 is 2.43 bits per heavy atom. The van der Waals surface area contributed by atoms with Crippen LogP contribution in [0.1, 0.15) is 0 Å². The summed E-state index contributed by atoms with van der Waals surface area (Å²) in [6.45, 7) is -1.38. The van der Waals surface area contributed by atoms with Crippen LogP contribution in [0.3, 0.4) is 0 Å². The molecule has 0 heterocycles. The first kappa shape index (κ1) is 17.3. The number of nitro benzene ring substituents is 1. The van der Waals surface area contributed by atoms with Gasteiger partial charge in [-0.05, 0) is 12.1 Å². The van der Waals surface area contributed by atoms with Gasteiger partial charge in [-0.2, -0.15) is 17.6 Å². The van der Waals surface area contributed by atoms with E-state index in [0.717, 1.165) is 0 Å². The van der Waals surface area contributed by atoms with Gasteiger partial charge in [0.05, 0.1) is 9.82 Å². The highest BCUT2D eigenvalue weighted by Crippen LogP contribution is 2.22. The van der Waals surface area contributed by atoms with E-state index in [-0.39, 0.29) is 0 Å². The van der Waals surface area contributed by atoms with E-state index < -0.39 is 50.2 Å². The predicted octanol–water partition coefficient (Wildman–Crippen LogP) is 0.935. The number of halogens is 4. The SMILES string of the molecule is O=[N+]([O-])c1cc(S(=O)(=O)NCC(O)C(F)(F)F)ccc1F. The Morgan fingerprint density at radius 2 is 1.95 bits per heavy atom. The van der Waals surface area contributed by atoms with Crippen molar-refractivity contribution in [3.63, 3.8) is 0 Å². The van der Waals surface area contributed by atoms with Gasteiger partial charge in [0.1, 0.15) is 0 Å². The van der Waals surface area contributed by atoms with Crippen LogP contribution in [0.25, 0.3) is 0 Å². The number of hydrogen-bond acceptors (Lipinski definition) is 5. The van der Waals surface area contributed by atoms with E-state index in [1.807, 2.05) is 0 Å². The lowest BCUT2D eigenvalue weighted by Crippen LogP contribution is -2.40.